The Bertz CT molecular complexity index is 866. The summed E-state index contributed by atoms with van der Waals surface area (Å²) >= 11 is 6.55. The van der Waals surface area contributed by atoms with Gasteiger partial charge in [-0.15, -0.1) is 24.0 Å². The van der Waals surface area contributed by atoms with Crippen molar-refractivity contribution in [3.63, 3.8) is 0 Å². The van der Waals surface area contributed by atoms with Crippen molar-refractivity contribution in [2.24, 2.45) is 12.0 Å². The lowest BCUT2D eigenvalue weighted by Crippen LogP contribution is -2.46. The van der Waals surface area contributed by atoms with Crippen LogP contribution in [0.3, 0.4) is 0 Å². The molecule has 0 spiro atoms. The van der Waals surface area contributed by atoms with Crippen molar-refractivity contribution in [2.75, 3.05) is 39.4 Å². The van der Waals surface area contributed by atoms with Gasteiger partial charge in [0, 0.05) is 49.5 Å². The van der Waals surface area contributed by atoms with E-state index in [-0.39, 0.29) is 30.0 Å². The maximum absolute atomic E-state index is 6.55. The number of benzene rings is 1. The van der Waals surface area contributed by atoms with Crippen molar-refractivity contribution in [3.8, 4) is 0 Å². The average Bonchev–Trinajstić information content (AvgIpc) is 2.99. The fourth-order valence-electron chi connectivity index (χ4n) is 3.81. The number of hydrogen-bond donors (Lipinski definition) is 2. The van der Waals surface area contributed by atoms with E-state index in [1.54, 1.807) is 0 Å². The number of ether oxygens (including phenoxy) is 1. The fraction of sp³-hybridized carbons (Fsp3) is 0.545. The molecular formula is C22H34ClIN6O. The van der Waals surface area contributed by atoms with Gasteiger partial charge in [-0.1, -0.05) is 29.8 Å². The molecule has 172 valence electrons. The molecule has 2 aromatic rings. The topological polar surface area (TPSA) is 66.7 Å². The first-order valence-electron chi connectivity index (χ1n) is 10.6. The molecule has 0 radical (unpaired) electrons. The zero-order chi connectivity index (χ0) is 21.5. The summed E-state index contributed by atoms with van der Waals surface area (Å²) in [5.74, 6) is 0.797. The molecule has 1 aliphatic heterocycles. The summed E-state index contributed by atoms with van der Waals surface area (Å²) in [6.07, 6.45) is 0. The van der Waals surface area contributed by atoms with Gasteiger partial charge in [0.15, 0.2) is 5.96 Å². The van der Waals surface area contributed by atoms with Crippen LogP contribution in [0.5, 0.6) is 0 Å². The molecule has 0 amide bonds. The van der Waals surface area contributed by atoms with Crippen LogP contribution < -0.4 is 10.6 Å². The first-order chi connectivity index (χ1) is 14.5. The van der Waals surface area contributed by atoms with Crippen LogP contribution >= 0.6 is 35.6 Å². The Kier molecular flexibility index (Phi) is 10.5. The molecule has 7 nitrogen and oxygen atoms in total. The van der Waals surface area contributed by atoms with Crippen molar-refractivity contribution >= 4 is 41.5 Å². The number of nitrogens with zero attached hydrogens (tertiary/aromatic N) is 4. The van der Waals surface area contributed by atoms with Gasteiger partial charge in [-0.25, -0.2) is 4.99 Å². The van der Waals surface area contributed by atoms with Gasteiger partial charge in [0.05, 0.1) is 31.5 Å². The van der Waals surface area contributed by atoms with E-state index in [9.17, 15) is 0 Å². The van der Waals surface area contributed by atoms with Crippen LogP contribution in [0.15, 0.2) is 29.3 Å². The van der Waals surface area contributed by atoms with Crippen LogP contribution in [0.4, 0.5) is 0 Å². The summed E-state index contributed by atoms with van der Waals surface area (Å²) in [4.78, 5) is 7.24. The third-order valence-electron chi connectivity index (χ3n) is 5.61. The smallest absolute Gasteiger partial charge is 0.191 e. The second-order valence-electron chi connectivity index (χ2n) is 7.53. The standard InChI is InChI=1S/C22H33ClN6O.HI/c1-5-24-22(25-14-19-16(2)27-28(4)17(19)3)26-15-21(29-10-12-30-13-11-29)18-8-6-7-9-20(18)23;/h6-9,21H,5,10-15H2,1-4H3,(H2,24,25,26);1H. The SMILES string of the molecule is CCNC(=NCc1c(C)nn(C)c1C)NCC(c1ccccc1Cl)N1CCOCC1.I. The Balaban J connectivity index is 0.00000341. The number of aliphatic imine (C=N–C) groups is 1. The summed E-state index contributed by atoms with van der Waals surface area (Å²) in [7, 11) is 1.97. The highest BCUT2D eigenvalue weighted by molar-refractivity contribution is 14.0. The van der Waals surface area contributed by atoms with Gasteiger partial charge in [0.1, 0.15) is 0 Å². The summed E-state index contributed by atoms with van der Waals surface area (Å²) in [6, 6.07) is 8.23. The molecule has 1 aromatic heterocycles. The molecule has 0 saturated carbocycles. The molecule has 0 aliphatic carbocycles. The molecule has 1 unspecified atom stereocenters. The van der Waals surface area contributed by atoms with Gasteiger partial charge in [-0.3, -0.25) is 9.58 Å². The maximum Gasteiger partial charge on any atom is 0.191 e. The number of guanidine groups is 1. The monoisotopic (exact) mass is 560 g/mol. The second kappa shape index (κ2) is 12.6. The van der Waals surface area contributed by atoms with Crippen LogP contribution in [0.1, 0.15) is 35.5 Å². The third-order valence-corrected chi connectivity index (χ3v) is 5.96. The molecule has 9 heteroatoms. The van der Waals surface area contributed by atoms with Gasteiger partial charge >= 0.3 is 0 Å². The van der Waals surface area contributed by atoms with Crippen molar-refractivity contribution in [1.29, 1.82) is 0 Å². The molecule has 2 heterocycles. The van der Waals surface area contributed by atoms with E-state index in [0.717, 1.165) is 60.8 Å². The van der Waals surface area contributed by atoms with Crippen molar-refractivity contribution in [1.82, 2.24) is 25.3 Å². The number of hydrogen-bond acceptors (Lipinski definition) is 4. The van der Waals surface area contributed by atoms with E-state index in [2.05, 4.69) is 40.5 Å². The number of rotatable bonds is 7. The van der Waals surface area contributed by atoms with Crippen LogP contribution in [-0.2, 0) is 18.3 Å². The van der Waals surface area contributed by atoms with Gasteiger partial charge in [0.25, 0.3) is 0 Å². The van der Waals surface area contributed by atoms with E-state index < -0.39 is 0 Å². The zero-order valence-corrected chi connectivity index (χ0v) is 21.9. The molecule has 1 atom stereocenters. The third kappa shape index (κ3) is 6.81. The average molecular weight is 561 g/mol. The van der Waals surface area contributed by atoms with Crippen molar-refractivity contribution < 1.29 is 4.74 Å². The van der Waals surface area contributed by atoms with Crippen LogP contribution in [-0.4, -0.2) is 60.0 Å². The number of nitrogens with one attached hydrogen (secondary N) is 2. The zero-order valence-electron chi connectivity index (χ0n) is 18.8. The maximum atomic E-state index is 6.55. The summed E-state index contributed by atoms with van der Waals surface area (Å²) in [5.41, 5.74) is 4.47. The van der Waals surface area contributed by atoms with E-state index in [1.165, 1.54) is 5.56 Å². The molecule has 31 heavy (non-hydrogen) atoms. The predicted octanol–water partition coefficient (Wildman–Crippen LogP) is 3.44. The normalized spacial score (nSPS) is 16.0. The highest BCUT2D eigenvalue weighted by atomic mass is 127. The van der Waals surface area contributed by atoms with Gasteiger partial charge in [-0.2, -0.15) is 5.10 Å². The first-order valence-corrected chi connectivity index (χ1v) is 11.0. The summed E-state index contributed by atoms with van der Waals surface area (Å²) in [5, 5.41) is 12.2. The minimum absolute atomic E-state index is 0. The highest BCUT2D eigenvalue weighted by Gasteiger charge is 2.24. The molecule has 1 aliphatic rings. The Hall–Kier alpha value is -1.36. The largest absolute Gasteiger partial charge is 0.379 e. The lowest BCUT2D eigenvalue weighted by molar-refractivity contribution is 0.0170. The van der Waals surface area contributed by atoms with Crippen LogP contribution in [0.2, 0.25) is 5.02 Å². The number of aromatic nitrogens is 2. The molecule has 1 saturated heterocycles. The minimum atomic E-state index is 0. The number of morpholine rings is 1. The lowest BCUT2D eigenvalue weighted by Gasteiger charge is -2.35. The first kappa shape index (κ1) is 25.9. The van der Waals surface area contributed by atoms with Crippen molar-refractivity contribution in [2.45, 2.75) is 33.4 Å². The Labute approximate surface area is 207 Å². The summed E-state index contributed by atoms with van der Waals surface area (Å²) < 4.78 is 7.46. The second-order valence-corrected chi connectivity index (χ2v) is 7.94. The Morgan fingerprint density at radius 3 is 2.55 bits per heavy atom. The quantitative estimate of drug-likeness (QED) is 0.309. The van der Waals surface area contributed by atoms with E-state index >= 15 is 0 Å². The molecule has 1 aromatic carbocycles. The highest BCUT2D eigenvalue weighted by Crippen LogP contribution is 2.27. The number of halogens is 2. The Morgan fingerprint density at radius 1 is 1.23 bits per heavy atom. The van der Waals surface area contributed by atoms with Crippen molar-refractivity contribution in [3.05, 3.63) is 51.8 Å². The van der Waals surface area contributed by atoms with Crippen LogP contribution in [0, 0.1) is 13.8 Å². The van der Waals surface area contributed by atoms with Gasteiger partial charge in [0.2, 0.25) is 0 Å². The van der Waals surface area contributed by atoms with E-state index in [0.29, 0.717) is 13.1 Å². The molecular weight excluding hydrogens is 527 g/mol. The van der Waals surface area contributed by atoms with E-state index in [1.807, 2.05) is 36.9 Å². The lowest BCUT2D eigenvalue weighted by atomic mass is 10.0. The predicted molar refractivity (Wildman–Crippen MR) is 138 cm³/mol. The molecule has 2 N–H and O–H groups in total. The molecule has 3 rings (SSSR count). The fourth-order valence-corrected chi connectivity index (χ4v) is 4.07. The molecule has 0 bridgehead atoms. The molecule has 1 fully saturated rings. The van der Waals surface area contributed by atoms with Crippen LogP contribution in [0.25, 0.3) is 0 Å². The van der Waals surface area contributed by atoms with Gasteiger partial charge in [-0.05, 0) is 32.4 Å². The Morgan fingerprint density at radius 2 is 1.94 bits per heavy atom. The number of aryl methyl sites for hydroxylation is 2. The summed E-state index contributed by atoms with van der Waals surface area (Å²) in [6.45, 7) is 11.6. The van der Waals surface area contributed by atoms with Gasteiger partial charge < -0.3 is 15.4 Å². The minimum Gasteiger partial charge on any atom is -0.379 e. The van der Waals surface area contributed by atoms with E-state index in [4.69, 9.17) is 21.3 Å².